The van der Waals surface area contributed by atoms with Crippen LogP contribution in [0.5, 0.6) is 0 Å². The fourth-order valence-electron chi connectivity index (χ4n) is 4.83. The predicted molar refractivity (Wildman–Crippen MR) is 152 cm³/mol. The van der Waals surface area contributed by atoms with Crippen LogP contribution in [0.4, 0.5) is 11.4 Å². The molecule has 0 bridgehead atoms. The van der Waals surface area contributed by atoms with E-state index in [9.17, 15) is 9.90 Å². The van der Waals surface area contributed by atoms with Crippen molar-refractivity contribution in [1.82, 2.24) is 9.97 Å². The summed E-state index contributed by atoms with van der Waals surface area (Å²) in [7, 11) is 0. The summed E-state index contributed by atoms with van der Waals surface area (Å²) < 4.78 is 6.24. The van der Waals surface area contributed by atoms with Crippen molar-refractivity contribution in [1.29, 1.82) is 0 Å². The number of aryl methyl sites for hydroxylation is 1. The van der Waals surface area contributed by atoms with Crippen LogP contribution in [-0.2, 0) is 4.74 Å². The Bertz CT molecular complexity index is 1530. The summed E-state index contributed by atoms with van der Waals surface area (Å²) in [5.41, 5.74) is 4.88. The highest BCUT2D eigenvalue weighted by Crippen LogP contribution is 2.52. The van der Waals surface area contributed by atoms with E-state index in [1.807, 2.05) is 25.1 Å². The molecule has 0 spiro atoms. The van der Waals surface area contributed by atoms with Gasteiger partial charge in [0, 0.05) is 62.5 Å². The van der Waals surface area contributed by atoms with E-state index in [2.05, 4.69) is 56.6 Å². The van der Waals surface area contributed by atoms with Crippen LogP contribution in [0.1, 0.15) is 29.0 Å². The predicted octanol–water partition coefficient (Wildman–Crippen LogP) is 5.42. The third-order valence-electron chi connectivity index (χ3n) is 6.74. The fraction of sp³-hybridized carbons (Fsp3) is 0.241. The number of aliphatic hydroxyl groups excluding tert-OH is 1. The van der Waals surface area contributed by atoms with Gasteiger partial charge in [-0.15, -0.1) is 0 Å². The number of nitrogens with zero attached hydrogens (tertiary/aromatic N) is 2. The number of ether oxygens (including phenoxy) is 1. The maximum Gasteiger partial charge on any atom is 0.249 e. The van der Waals surface area contributed by atoms with Gasteiger partial charge in [-0.3, -0.25) is 9.78 Å². The van der Waals surface area contributed by atoms with Gasteiger partial charge in [0.15, 0.2) is 0 Å². The van der Waals surface area contributed by atoms with Crippen LogP contribution in [0.15, 0.2) is 97.4 Å². The smallest absolute Gasteiger partial charge is 0.249 e. The van der Waals surface area contributed by atoms with Gasteiger partial charge in [0.1, 0.15) is 6.10 Å². The lowest BCUT2D eigenvalue weighted by molar-refractivity contribution is 0.0379. The van der Waals surface area contributed by atoms with Crippen molar-refractivity contribution in [2.45, 2.75) is 38.7 Å². The zero-order valence-electron chi connectivity index (χ0n) is 20.9. The number of hydrogen-bond donors (Lipinski definition) is 3. The van der Waals surface area contributed by atoms with Gasteiger partial charge in [0.05, 0.1) is 24.9 Å². The number of hydrogen-bond acceptors (Lipinski definition) is 8. The summed E-state index contributed by atoms with van der Waals surface area (Å²) in [4.78, 5) is 26.0. The summed E-state index contributed by atoms with van der Waals surface area (Å²) in [5.74, 6) is 0. The summed E-state index contributed by atoms with van der Waals surface area (Å²) in [6.07, 6.45) is 3.39. The molecule has 2 aliphatic heterocycles. The first-order valence-electron chi connectivity index (χ1n) is 12.6. The van der Waals surface area contributed by atoms with E-state index < -0.39 is 0 Å². The maximum atomic E-state index is 11.8. The maximum absolute atomic E-state index is 11.8. The highest BCUT2D eigenvalue weighted by molar-refractivity contribution is 8.05. The topological polar surface area (TPSA) is 90.5 Å². The van der Waals surface area contributed by atoms with E-state index in [1.165, 1.54) is 25.1 Å². The Hall–Kier alpha value is -3.24. The van der Waals surface area contributed by atoms with Gasteiger partial charge in [-0.25, -0.2) is 0 Å². The summed E-state index contributed by atoms with van der Waals surface area (Å²) in [6, 6.07) is 20.0. The van der Waals surface area contributed by atoms with Gasteiger partial charge in [0.25, 0.3) is 0 Å². The first-order valence-corrected chi connectivity index (χ1v) is 14.2. The van der Waals surface area contributed by atoms with Crippen molar-refractivity contribution in [3.05, 3.63) is 100 Å². The largest absolute Gasteiger partial charge is 0.394 e. The molecule has 1 fully saturated rings. The van der Waals surface area contributed by atoms with Crippen molar-refractivity contribution >= 4 is 34.9 Å². The molecular formula is C29H28N4O3S2. The molecule has 3 N–H and O–H groups in total. The minimum atomic E-state index is -0.278. The van der Waals surface area contributed by atoms with Crippen LogP contribution in [0, 0.1) is 6.92 Å². The molecule has 2 aromatic carbocycles. The lowest BCUT2D eigenvalue weighted by atomic mass is 10.1. The van der Waals surface area contributed by atoms with Crippen LogP contribution in [-0.4, -0.2) is 41.4 Å². The standard InChI is InChI=1S/C29H28N4O3S2/c1-18-7-9-30-22(13-18)23(17-34)32-19-5-6-25-27(14-19)37-26-4-2-3-21(29(26)38-25)24-16-33(11-12-36-24)20-8-10-31-28(35)15-20/h2-10,13-15,23-24,32,34H,11-12,16-17H2,1H3,(H,31,35). The number of aromatic amines is 1. The molecule has 0 amide bonds. The third kappa shape index (κ3) is 5.19. The van der Waals surface area contributed by atoms with Gasteiger partial charge < -0.3 is 25.0 Å². The Balaban J connectivity index is 1.22. The number of anilines is 2. The fourth-order valence-corrected chi connectivity index (χ4v) is 7.28. The second-order valence-corrected chi connectivity index (χ2v) is 11.5. The van der Waals surface area contributed by atoms with Crippen molar-refractivity contribution in [2.75, 3.05) is 36.5 Å². The van der Waals surface area contributed by atoms with Crippen LogP contribution in [0.25, 0.3) is 0 Å². The monoisotopic (exact) mass is 544 g/mol. The van der Waals surface area contributed by atoms with Gasteiger partial charge in [-0.05, 0) is 60.5 Å². The summed E-state index contributed by atoms with van der Waals surface area (Å²) in [6.45, 7) is 4.03. The second-order valence-electron chi connectivity index (χ2n) is 9.39. The molecule has 4 aromatic rings. The van der Waals surface area contributed by atoms with E-state index >= 15 is 0 Å². The number of fused-ring (bicyclic) bond motifs is 2. The summed E-state index contributed by atoms with van der Waals surface area (Å²) >= 11 is 3.52. The van der Waals surface area contributed by atoms with E-state index in [1.54, 1.807) is 42.0 Å². The quantitative estimate of drug-likeness (QED) is 0.261. The molecule has 1 saturated heterocycles. The minimum absolute atomic E-state index is 0.0442. The number of pyridine rings is 2. The normalized spacial score (nSPS) is 17.4. The Kier molecular flexibility index (Phi) is 7.16. The first kappa shape index (κ1) is 25.1. The van der Waals surface area contributed by atoms with Crippen molar-refractivity contribution in [2.24, 2.45) is 0 Å². The average molecular weight is 545 g/mol. The Morgan fingerprint density at radius 1 is 1.13 bits per heavy atom. The molecule has 38 heavy (non-hydrogen) atoms. The molecule has 194 valence electrons. The number of aliphatic hydroxyl groups is 1. The highest BCUT2D eigenvalue weighted by atomic mass is 32.2. The molecule has 9 heteroatoms. The molecule has 2 atom stereocenters. The van der Waals surface area contributed by atoms with E-state index in [0.29, 0.717) is 13.2 Å². The molecule has 4 heterocycles. The zero-order valence-corrected chi connectivity index (χ0v) is 22.5. The number of H-pyrrole nitrogens is 1. The van der Waals surface area contributed by atoms with E-state index in [-0.39, 0.29) is 24.3 Å². The Labute approximate surface area is 229 Å². The van der Waals surface area contributed by atoms with E-state index in [0.717, 1.165) is 29.2 Å². The average Bonchev–Trinajstić information content (AvgIpc) is 2.94. The van der Waals surface area contributed by atoms with Crippen LogP contribution < -0.4 is 15.8 Å². The van der Waals surface area contributed by atoms with E-state index in [4.69, 9.17) is 4.74 Å². The summed E-state index contributed by atoms with van der Waals surface area (Å²) in [5, 5.41) is 13.5. The molecule has 0 aliphatic carbocycles. The number of aromatic nitrogens is 2. The van der Waals surface area contributed by atoms with Crippen molar-refractivity contribution in [3.63, 3.8) is 0 Å². The number of nitrogens with one attached hydrogen (secondary N) is 2. The van der Waals surface area contributed by atoms with Crippen LogP contribution >= 0.6 is 23.5 Å². The lowest BCUT2D eigenvalue weighted by Crippen LogP contribution is -2.39. The molecular weight excluding hydrogens is 516 g/mol. The lowest BCUT2D eigenvalue weighted by Gasteiger charge is -2.36. The first-order chi connectivity index (χ1) is 18.6. The highest BCUT2D eigenvalue weighted by Gasteiger charge is 2.28. The molecule has 2 aromatic heterocycles. The molecule has 2 aliphatic rings. The zero-order chi connectivity index (χ0) is 26.1. The molecule has 0 saturated carbocycles. The van der Waals surface area contributed by atoms with Crippen LogP contribution in [0.3, 0.4) is 0 Å². The minimum Gasteiger partial charge on any atom is -0.394 e. The molecule has 6 rings (SSSR count). The molecule has 2 unspecified atom stereocenters. The number of benzene rings is 2. The van der Waals surface area contributed by atoms with Gasteiger partial charge in [-0.1, -0.05) is 35.7 Å². The Morgan fingerprint density at radius 3 is 2.89 bits per heavy atom. The number of rotatable bonds is 6. The SMILES string of the molecule is Cc1ccnc(C(CO)Nc2ccc3c(c2)Sc2cccc(C4CN(c5cc[nH]c(=O)c5)CCO4)c2S3)c1. The number of morpholine rings is 1. The van der Waals surface area contributed by atoms with Crippen LogP contribution in [0.2, 0.25) is 0 Å². The third-order valence-corrected chi connectivity index (χ3v) is 9.35. The molecule has 7 nitrogen and oxygen atoms in total. The second kappa shape index (κ2) is 10.9. The Morgan fingerprint density at radius 2 is 2.05 bits per heavy atom. The molecule has 0 radical (unpaired) electrons. The van der Waals surface area contributed by atoms with Crippen molar-refractivity contribution in [3.8, 4) is 0 Å². The van der Waals surface area contributed by atoms with Crippen molar-refractivity contribution < 1.29 is 9.84 Å². The van der Waals surface area contributed by atoms with Gasteiger partial charge in [0.2, 0.25) is 5.56 Å². The van der Waals surface area contributed by atoms with Gasteiger partial charge in [-0.2, -0.15) is 0 Å². The van der Waals surface area contributed by atoms with Gasteiger partial charge >= 0.3 is 0 Å².